The van der Waals surface area contributed by atoms with Crippen molar-refractivity contribution in [2.24, 2.45) is 0 Å². The van der Waals surface area contributed by atoms with Crippen LogP contribution in [0.2, 0.25) is 0 Å². The van der Waals surface area contributed by atoms with E-state index in [1.54, 1.807) is 11.0 Å². The van der Waals surface area contributed by atoms with Gasteiger partial charge in [0, 0.05) is 28.2 Å². The third-order valence-electron chi connectivity index (χ3n) is 5.30. The lowest BCUT2D eigenvalue weighted by atomic mass is 10.1. The van der Waals surface area contributed by atoms with Crippen molar-refractivity contribution in [3.63, 3.8) is 0 Å². The topological polar surface area (TPSA) is 80.8 Å². The average molecular weight is 488 g/mol. The van der Waals surface area contributed by atoms with Crippen LogP contribution in [0.1, 0.15) is 37.7 Å². The van der Waals surface area contributed by atoms with Crippen molar-refractivity contribution in [1.29, 1.82) is 0 Å². The molecule has 0 aromatic heterocycles. The van der Waals surface area contributed by atoms with E-state index in [0.29, 0.717) is 10.9 Å². The molecule has 29 heavy (non-hydrogen) atoms. The minimum atomic E-state index is -3.13. The summed E-state index contributed by atoms with van der Waals surface area (Å²) in [6, 6.07) is 3.97. The van der Waals surface area contributed by atoms with Crippen LogP contribution in [0.4, 0.5) is 4.39 Å². The van der Waals surface area contributed by atoms with Crippen LogP contribution in [0.15, 0.2) is 28.7 Å². The summed E-state index contributed by atoms with van der Waals surface area (Å²) in [4.78, 5) is 26.4. The summed E-state index contributed by atoms with van der Waals surface area (Å²) in [6.45, 7) is -0.461. The van der Waals surface area contributed by atoms with Crippen LogP contribution in [0.3, 0.4) is 0 Å². The number of amides is 1. The van der Waals surface area contributed by atoms with Crippen molar-refractivity contribution < 1.29 is 27.1 Å². The molecule has 1 saturated heterocycles. The molecule has 1 aliphatic carbocycles. The van der Waals surface area contributed by atoms with Crippen molar-refractivity contribution in [2.45, 2.75) is 44.2 Å². The van der Waals surface area contributed by atoms with Gasteiger partial charge >= 0.3 is 5.97 Å². The Morgan fingerprint density at radius 2 is 1.93 bits per heavy atom. The zero-order valence-corrected chi connectivity index (χ0v) is 18.3. The van der Waals surface area contributed by atoms with E-state index in [0.717, 1.165) is 31.8 Å². The molecule has 1 aliphatic heterocycles. The Labute approximate surface area is 178 Å². The Bertz CT molecular complexity index is 911. The molecule has 158 valence electrons. The summed E-state index contributed by atoms with van der Waals surface area (Å²) < 4.78 is 43.1. The molecule has 9 heteroatoms. The molecule has 1 aromatic carbocycles. The number of carbonyl (C=O) groups excluding carboxylic acids is 2. The number of nitrogens with zero attached hydrogens (tertiary/aromatic N) is 1. The second-order valence-electron chi connectivity index (χ2n) is 7.40. The Hall–Kier alpha value is -1.74. The van der Waals surface area contributed by atoms with Crippen molar-refractivity contribution in [1.82, 2.24) is 4.90 Å². The third-order valence-corrected chi connectivity index (χ3v) is 7.55. The predicted molar refractivity (Wildman–Crippen MR) is 110 cm³/mol. The molecule has 1 unspecified atom stereocenters. The number of rotatable bonds is 6. The average Bonchev–Trinajstić information content (AvgIpc) is 3.31. The highest BCUT2D eigenvalue weighted by atomic mass is 79.9. The molecular formula is C20H23BrFNO5S. The maximum absolute atomic E-state index is 13.7. The zero-order chi connectivity index (χ0) is 21.0. The van der Waals surface area contributed by atoms with Gasteiger partial charge in [0.2, 0.25) is 0 Å². The fraction of sp³-hybridized carbons (Fsp3) is 0.500. The number of esters is 1. The summed E-state index contributed by atoms with van der Waals surface area (Å²) >= 11 is 3.23. The summed E-state index contributed by atoms with van der Waals surface area (Å²) in [6.07, 6.45) is 6.42. The van der Waals surface area contributed by atoms with Crippen LogP contribution < -0.4 is 0 Å². The minimum absolute atomic E-state index is 0.00851. The van der Waals surface area contributed by atoms with Gasteiger partial charge in [-0.15, -0.1) is 0 Å². The molecule has 0 N–H and O–H groups in total. The molecule has 1 atom stereocenters. The van der Waals surface area contributed by atoms with Gasteiger partial charge in [-0.05, 0) is 43.5 Å². The van der Waals surface area contributed by atoms with Gasteiger partial charge in [0.15, 0.2) is 16.4 Å². The molecule has 3 rings (SSSR count). The normalized spacial score (nSPS) is 21.5. The predicted octanol–water partition coefficient (Wildman–Crippen LogP) is 3.10. The lowest BCUT2D eigenvalue weighted by Gasteiger charge is -2.33. The monoisotopic (exact) mass is 487 g/mol. The highest BCUT2D eigenvalue weighted by Gasteiger charge is 2.39. The first-order chi connectivity index (χ1) is 13.7. The SMILES string of the molecule is O=C(/C=C/c1cc(Br)ccc1F)OCC(=O)N(C1CCCC1)C1CCS(=O)(=O)C1. The fourth-order valence-corrected chi connectivity index (χ4v) is 6.03. The van der Waals surface area contributed by atoms with Crippen molar-refractivity contribution in [2.75, 3.05) is 18.1 Å². The molecule has 0 spiro atoms. The van der Waals surface area contributed by atoms with Gasteiger partial charge in [0.25, 0.3) is 5.91 Å². The van der Waals surface area contributed by atoms with Crippen LogP contribution in [-0.4, -0.2) is 55.4 Å². The van der Waals surface area contributed by atoms with Crippen molar-refractivity contribution in [3.8, 4) is 0 Å². The number of hydrogen-bond acceptors (Lipinski definition) is 5. The molecule has 1 aromatic rings. The Kier molecular flexibility index (Phi) is 7.10. The molecule has 0 bridgehead atoms. The first-order valence-electron chi connectivity index (χ1n) is 9.56. The number of ether oxygens (including phenoxy) is 1. The van der Waals surface area contributed by atoms with Gasteiger partial charge in [-0.25, -0.2) is 17.6 Å². The first kappa shape index (κ1) is 22.0. The summed E-state index contributed by atoms with van der Waals surface area (Å²) in [5, 5.41) is 0. The standard InChI is InChI=1S/C20H23BrFNO5S/c21-15-6-7-18(22)14(11-15)5-8-20(25)28-12-19(24)23(16-3-1-2-4-16)17-9-10-29(26,27)13-17/h5-8,11,16-17H,1-4,9-10,12-13H2/b8-5+. The summed E-state index contributed by atoms with van der Waals surface area (Å²) in [5.41, 5.74) is 0.214. The quantitative estimate of drug-likeness (QED) is 0.454. The van der Waals surface area contributed by atoms with Crippen molar-refractivity contribution >= 4 is 43.7 Å². The fourth-order valence-electron chi connectivity index (χ4n) is 3.94. The third kappa shape index (κ3) is 5.88. The number of benzene rings is 1. The van der Waals surface area contributed by atoms with E-state index in [1.807, 2.05) is 0 Å². The highest BCUT2D eigenvalue weighted by molar-refractivity contribution is 9.10. The van der Waals surface area contributed by atoms with E-state index in [2.05, 4.69) is 15.9 Å². The number of halogens is 2. The first-order valence-corrected chi connectivity index (χ1v) is 12.2. The van der Waals surface area contributed by atoms with Gasteiger partial charge in [0.05, 0.1) is 11.5 Å². The van der Waals surface area contributed by atoms with Crippen LogP contribution in [0.5, 0.6) is 0 Å². The van der Waals surface area contributed by atoms with Gasteiger partial charge < -0.3 is 9.64 Å². The van der Waals surface area contributed by atoms with E-state index in [9.17, 15) is 22.4 Å². The number of hydrogen-bond donors (Lipinski definition) is 0. The Morgan fingerprint density at radius 1 is 1.21 bits per heavy atom. The lowest BCUT2D eigenvalue weighted by molar-refractivity contribution is -0.150. The van der Waals surface area contributed by atoms with Gasteiger partial charge in [-0.2, -0.15) is 0 Å². The molecule has 6 nitrogen and oxygen atoms in total. The molecule has 1 heterocycles. The second kappa shape index (κ2) is 9.38. The maximum Gasteiger partial charge on any atom is 0.331 e. The van der Waals surface area contributed by atoms with Crippen LogP contribution in [0, 0.1) is 5.82 Å². The minimum Gasteiger partial charge on any atom is -0.452 e. The van der Waals surface area contributed by atoms with Gasteiger partial charge in [0.1, 0.15) is 5.82 Å². The zero-order valence-electron chi connectivity index (χ0n) is 15.9. The van der Waals surface area contributed by atoms with E-state index in [1.165, 1.54) is 18.2 Å². The molecule has 0 radical (unpaired) electrons. The second-order valence-corrected chi connectivity index (χ2v) is 10.5. The maximum atomic E-state index is 13.7. The number of carbonyl (C=O) groups is 2. The van der Waals surface area contributed by atoms with E-state index in [4.69, 9.17) is 4.74 Å². The summed E-state index contributed by atoms with van der Waals surface area (Å²) in [5.74, 6) is -1.58. The summed E-state index contributed by atoms with van der Waals surface area (Å²) in [7, 11) is -3.13. The smallest absolute Gasteiger partial charge is 0.331 e. The lowest BCUT2D eigenvalue weighted by Crippen LogP contribution is -2.48. The molecule has 1 amide bonds. The Balaban J connectivity index is 1.61. The number of sulfone groups is 1. The van der Waals surface area contributed by atoms with Crippen LogP contribution >= 0.6 is 15.9 Å². The highest BCUT2D eigenvalue weighted by Crippen LogP contribution is 2.29. The Morgan fingerprint density at radius 3 is 2.59 bits per heavy atom. The van der Waals surface area contributed by atoms with Crippen molar-refractivity contribution in [3.05, 3.63) is 40.1 Å². The van der Waals surface area contributed by atoms with E-state index < -0.39 is 28.2 Å². The van der Waals surface area contributed by atoms with Crippen LogP contribution in [0.25, 0.3) is 6.08 Å². The van der Waals surface area contributed by atoms with Crippen LogP contribution in [-0.2, 0) is 24.2 Å². The van der Waals surface area contributed by atoms with E-state index >= 15 is 0 Å². The molecule has 2 fully saturated rings. The van der Waals surface area contributed by atoms with Gasteiger partial charge in [-0.3, -0.25) is 4.79 Å². The molecular weight excluding hydrogens is 465 g/mol. The molecule has 2 aliphatic rings. The van der Waals surface area contributed by atoms with E-state index in [-0.39, 0.29) is 35.1 Å². The largest absolute Gasteiger partial charge is 0.452 e. The van der Waals surface area contributed by atoms with Gasteiger partial charge in [-0.1, -0.05) is 28.8 Å². The molecule has 1 saturated carbocycles.